The Balaban J connectivity index is 3.13. The maximum absolute atomic E-state index is 14.2. The van der Waals surface area contributed by atoms with E-state index in [1.165, 1.54) is 25.2 Å². The highest BCUT2D eigenvalue weighted by molar-refractivity contribution is 5.95. The van der Waals surface area contributed by atoms with Crippen LogP contribution in [0.15, 0.2) is 12.1 Å². The lowest BCUT2D eigenvalue weighted by molar-refractivity contribution is -0.137. The van der Waals surface area contributed by atoms with Crippen molar-refractivity contribution in [3.63, 3.8) is 0 Å². The summed E-state index contributed by atoms with van der Waals surface area (Å²) in [7, 11) is 2.76. The van der Waals surface area contributed by atoms with Gasteiger partial charge in [-0.3, -0.25) is 9.59 Å². The number of carboxylic acid groups (broad SMARTS) is 1. The first-order valence-corrected chi connectivity index (χ1v) is 7.22. The van der Waals surface area contributed by atoms with Crippen LogP contribution in [0.2, 0.25) is 0 Å². The summed E-state index contributed by atoms with van der Waals surface area (Å²) in [5, 5.41) is 8.81. The number of ether oxygens (including phenoxy) is 2. The van der Waals surface area contributed by atoms with Crippen molar-refractivity contribution >= 4 is 11.9 Å². The molecule has 1 amide bonds. The third-order valence-corrected chi connectivity index (χ3v) is 3.17. The van der Waals surface area contributed by atoms with Crippen molar-refractivity contribution in [2.45, 2.75) is 20.3 Å². The second kappa shape index (κ2) is 8.36. The molecule has 0 atom stereocenters. The molecule has 1 N–H and O–H groups in total. The van der Waals surface area contributed by atoms with Gasteiger partial charge in [0.25, 0.3) is 5.91 Å². The second-order valence-corrected chi connectivity index (χ2v) is 5.48. The van der Waals surface area contributed by atoms with Crippen LogP contribution in [0.3, 0.4) is 0 Å². The van der Waals surface area contributed by atoms with E-state index in [-0.39, 0.29) is 35.9 Å². The minimum atomic E-state index is -1.01. The van der Waals surface area contributed by atoms with Crippen LogP contribution in [-0.2, 0) is 4.79 Å². The molecule has 0 aliphatic rings. The van der Waals surface area contributed by atoms with Crippen molar-refractivity contribution < 1.29 is 28.6 Å². The quantitative estimate of drug-likeness (QED) is 0.793. The van der Waals surface area contributed by atoms with Gasteiger partial charge in [-0.05, 0) is 12.0 Å². The number of nitrogens with zero attached hydrogens (tertiary/aromatic N) is 1. The van der Waals surface area contributed by atoms with Gasteiger partial charge in [-0.2, -0.15) is 0 Å². The van der Waals surface area contributed by atoms with E-state index in [2.05, 4.69) is 0 Å². The average Bonchev–Trinajstić information content (AvgIpc) is 2.49. The smallest absolute Gasteiger partial charge is 0.305 e. The van der Waals surface area contributed by atoms with Gasteiger partial charge in [-0.25, -0.2) is 4.39 Å². The number of hydrogen-bond donors (Lipinski definition) is 1. The van der Waals surface area contributed by atoms with E-state index in [9.17, 15) is 14.0 Å². The van der Waals surface area contributed by atoms with Crippen molar-refractivity contribution in [3.8, 4) is 11.5 Å². The van der Waals surface area contributed by atoms with Crippen LogP contribution in [0.5, 0.6) is 11.5 Å². The number of carboxylic acids is 1. The van der Waals surface area contributed by atoms with Crippen LogP contribution in [0, 0.1) is 11.7 Å². The first kappa shape index (κ1) is 18.7. The molecule has 1 aromatic rings. The summed E-state index contributed by atoms with van der Waals surface area (Å²) in [4.78, 5) is 24.7. The standard InChI is InChI=1S/C16H22FNO5/c1-10(2)9-18(6-5-15(19)20)16(21)11-7-13(22-3)14(23-4)8-12(11)17/h7-8,10H,5-6,9H2,1-4H3,(H,19,20). The predicted octanol–water partition coefficient (Wildman–Crippen LogP) is 2.42. The van der Waals surface area contributed by atoms with Crippen molar-refractivity contribution in [1.29, 1.82) is 0 Å². The summed E-state index contributed by atoms with van der Waals surface area (Å²) in [5.41, 5.74) is -0.173. The Morgan fingerprint density at radius 3 is 2.26 bits per heavy atom. The van der Waals surface area contributed by atoms with Gasteiger partial charge < -0.3 is 19.5 Å². The number of rotatable bonds is 8. The molecule has 0 aromatic heterocycles. The van der Waals surface area contributed by atoms with Gasteiger partial charge in [-0.1, -0.05) is 13.8 Å². The number of carbonyl (C=O) groups is 2. The Labute approximate surface area is 134 Å². The molecule has 23 heavy (non-hydrogen) atoms. The van der Waals surface area contributed by atoms with Crippen LogP contribution in [0.1, 0.15) is 30.6 Å². The number of amides is 1. The zero-order valence-electron chi connectivity index (χ0n) is 13.8. The highest BCUT2D eigenvalue weighted by Crippen LogP contribution is 2.30. The van der Waals surface area contributed by atoms with Gasteiger partial charge in [0.1, 0.15) is 5.82 Å². The molecule has 0 spiro atoms. The predicted molar refractivity (Wildman–Crippen MR) is 82.5 cm³/mol. The average molecular weight is 327 g/mol. The molecule has 0 radical (unpaired) electrons. The molecule has 0 bridgehead atoms. The van der Waals surface area contributed by atoms with Crippen LogP contribution in [0.25, 0.3) is 0 Å². The molecule has 0 saturated carbocycles. The van der Waals surface area contributed by atoms with Crippen LogP contribution >= 0.6 is 0 Å². The molecular formula is C16H22FNO5. The first-order valence-electron chi connectivity index (χ1n) is 7.22. The van der Waals surface area contributed by atoms with E-state index in [1.807, 2.05) is 13.8 Å². The summed E-state index contributed by atoms with van der Waals surface area (Å²) >= 11 is 0. The number of carbonyl (C=O) groups excluding carboxylic acids is 1. The molecule has 0 aliphatic heterocycles. The molecule has 1 aromatic carbocycles. The van der Waals surface area contributed by atoms with E-state index < -0.39 is 17.7 Å². The Morgan fingerprint density at radius 1 is 1.22 bits per heavy atom. The Morgan fingerprint density at radius 2 is 1.78 bits per heavy atom. The van der Waals surface area contributed by atoms with Crippen molar-refractivity contribution in [3.05, 3.63) is 23.5 Å². The lowest BCUT2D eigenvalue weighted by Crippen LogP contribution is -2.36. The SMILES string of the molecule is COc1cc(F)c(C(=O)N(CCC(=O)O)CC(C)C)cc1OC. The van der Waals surface area contributed by atoms with Gasteiger partial charge >= 0.3 is 5.97 Å². The summed E-state index contributed by atoms with van der Waals surface area (Å²) in [6.45, 7) is 4.14. The first-order chi connectivity index (χ1) is 10.8. The van der Waals surface area contributed by atoms with Crippen molar-refractivity contribution in [2.75, 3.05) is 27.3 Å². The van der Waals surface area contributed by atoms with E-state index in [0.29, 0.717) is 6.54 Å². The maximum atomic E-state index is 14.2. The number of halogens is 1. The van der Waals surface area contributed by atoms with Gasteiger partial charge in [-0.15, -0.1) is 0 Å². The molecular weight excluding hydrogens is 305 g/mol. The largest absolute Gasteiger partial charge is 0.493 e. The summed E-state index contributed by atoms with van der Waals surface area (Å²) < 4.78 is 24.3. The molecule has 1 rings (SSSR count). The lowest BCUT2D eigenvalue weighted by atomic mass is 10.1. The van der Waals surface area contributed by atoms with E-state index in [4.69, 9.17) is 14.6 Å². The lowest BCUT2D eigenvalue weighted by Gasteiger charge is -2.24. The van der Waals surface area contributed by atoms with Gasteiger partial charge in [0, 0.05) is 19.2 Å². The van der Waals surface area contributed by atoms with Gasteiger partial charge in [0.2, 0.25) is 0 Å². The van der Waals surface area contributed by atoms with E-state index >= 15 is 0 Å². The van der Waals surface area contributed by atoms with Crippen LogP contribution in [0.4, 0.5) is 4.39 Å². The zero-order valence-corrected chi connectivity index (χ0v) is 13.8. The molecule has 0 heterocycles. The Kier molecular flexibility index (Phi) is 6.81. The third kappa shape index (κ3) is 5.12. The minimum Gasteiger partial charge on any atom is -0.493 e. The summed E-state index contributed by atoms with van der Waals surface area (Å²) in [5.74, 6) is -1.78. The monoisotopic (exact) mass is 327 g/mol. The zero-order chi connectivity index (χ0) is 17.6. The fourth-order valence-electron chi connectivity index (χ4n) is 2.14. The topological polar surface area (TPSA) is 76.1 Å². The molecule has 0 unspecified atom stereocenters. The fourth-order valence-corrected chi connectivity index (χ4v) is 2.14. The summed E-state index contributed by atoms with van der Waals surface area (Å²) in [6.07, 6.45) is -0.201. The van der Waals surface area contributed by atoms with Crippen molar-refractivity contribution in [1.82, 2.24) is 4.90 Å². The van der Waals surface area contributed by atoms with Crippen molar-refractivity contribution in [2.24, 2.45) is 5.92 Å². The number of methoxy groups -OCH3 is 2. The number of benzene rings is 1. The molecule has 0 fully saturated rings. The Bertz CT molecular complexity index is 574. The van der Waals surface area contributed by atoms with Crippen LogP contribution in [-0.4, -0.2) is 49.2 Å². The highest BCUT2D eigenvalue weighted by atomic mass is 19.1. The number of aliphatic carboxylic acids is 1. The van der Waals surface area contributed by atoms with Gasteiger partial charge in [0.05, 0.1) is 26.2 Å². The van der Waals surface area contributed by atoms with Gasteiger partial charge in [0.15, 0.2) is 11.5 Å². The van der Waals surface area contributed by atoms with E-state index in [1.54, 1.807) is 0 Å². The molecule has 7 heteroatoms. The Hall–Kier alpha value is -2.31. The molecule has 128 valence electrons. The second-order valence-electron chi connectivity index (χ2n) is 5.48. The fraction of sp³-hybridized carbons (Fsp3) is 0.500. The maximum Gasteiger partial charge on any atom is 0.305 e. The highest BCUT2D eigenvalue weighted by Gasteiger charge is 2.23. The number of hydrogen-bond acceptors (Lipinski definition) is 4. The minimum absolute atomic E-state index is 0.0140. The molecule has 0 aliphatic carbocycles. The van der Waals surface area contributed by atoms with E-state index in [0.717, 1.165) is 6.07 Å². The third-order valence-electron chi connectivity index (χ3n) is 3.17. The normalized spacial score (nSPS) is 10.5. The van der Waals surface area contributed by atoms with Crippen LogP contribution < -0.4 is 9.47 Å². The molecule has 6 nitrogen and oxygen atoms in total. The summed E-state index contributed by atoms with van der Waals surface area (Å²) in [6, 6.07) is 2.35. The molecule has 0 saturated heterocycles.